The van der Waals surface area contributed by atoms with Gasteiger partial charge in [0.05, 0.1) is 12.2 Å². The Hall–Kier alpha value is -2.89. The maximum Gasteiger partial charge on any atom is 0.340 e. The molecule has 0 fully saturated rings. The zero-order valence-electron chi connectivity index (χ0n) is 13.1. The maximum absolute atomic E-state index is 12.2. The second-order valence-corrected chi connectivity index (χ2v) is 4.99. The number of para-hydroxylation sites is 1. The van der Waals surface area contributed by atoms with Crippen LogP contribution in [0.4, 0.5) is 11.5 Å². The highest BCUT2D eigenvalue weighted by Crippen LogP contribution is 2.26. The second-order valence-electron chi connectivity index (χ2n) is 4.99. The molecule has 1 aromatic carbocycles. The van der Waals surface area contributed by atoms with Crippen LogP contribution in [0.5, 0.6) is 0 Å². The Morgan fingerprint density at radius 1 is 1.26 bits per heavy atom. The highest BCUT2D eigenvalue weighted by molar-refractivity contribution is 5.95. The van der Waals surface area contributed by atoms with E-state index in [9.17, 15) is 4.79 Å². The fraction of sp³-hybridized carbons (Fsp3) is 0.235. The normalized spacial score (nSPS) is 10.7. The molecule has 2 aromatic heterocycles. The van der Waals surface area contributed by atoms with Gasteiger partial charge in [-0.3, -0.25) is 0 Å². The highest BCUT2D eigenvalue weighted by Gasteiger charge is 2.20. The molecule has 0 radical (unpaired) electrons. The van der Waals surface area contributed by atoms with E-state index in [0.717, 1.165) is 16.8 Å². The van der Waals surface area contributed by atoms with Crippen LogP contribution in [0.25, 0.3) is 5.52 Å². The third kappa shape index (κ3) is 2.88. The van der Waals surface area contributed by atoms with Gasteiger partial charge in [-0.15, -0.1) is 0 Å². The Labute approximate surface area is 134 Å². The van der Waals surface area contributed by atoms with Gasteiger partial charge in [0.1, 0.15) is 11.8 Å². The summed E-state index contributed by atoms with van der Waals surface area (Å²) < 4.78 is 6.81. The van der Waals surface area contributed by atoms with Gasteiger partial charge >= 0.3 is 5.97 Å². The number of carbonyl (C=O) groups excluding carboxylic acids is 1. The van der Waals surface area contributed by atoms with Crippen molar-refractivity contribution in [3.05, 3.63) is 54.0 Å². The van der Waals surface area contributed by atoms with E-state index in [1.807, 2.05) is 37.3 Å². The topological polar surface area (TPSA) is 68.5 Å². The lowest BCUT2D eigenvalue weighted by Crippen LogP contribution is -2.06. The number of hydrogen-bond donors (Lipinski definition) is 1. The molecular weight excluding hydrogens is 292 g/mol. The Balaban J connectivity index is 2.10. The summed E-state index contributed by atoms with van der Waals surface area (Å²) in [7, 11) is 0. The summed E-state index contributed by atoms with van der Waals surface area (Å²) in [5.41, 5.74) is 3.13. The standard InChI is InChI=1S/C17H18N4O2/c1-3-13-14(17(22)23-4-2)10-21-15(13)16(18-11-19-21)20-12-8-6-5-7-9-12/h5-11H,3-4H2,1-2H3,(H,18,19,20). The van der Waals surface area contributed by atoms with Crippen molar-refractivity contribution >= 4 is 23.0 Å². The minimum Gasteiger partial charge on any atom is -0.462 e. The Morgan fingerprint density at radius 3 is 2.74 bits per heavy atom. The van der Waals surface area contributed by atoms with Crippen molar-refractivity contribution in [2.24, 2.45) is 0 Å². The number of esters is 1. The zero-order valence-corrected chi connectivity index (χ0v) is 13.1. The van der Waals surface area contributed by atoms with E-state index in [0.29, 0.717) is 24.4 Å². The minimum absolute atomic E-state index is 0.333. The zero-order chi connectivity index (χ0) is 16.2. The Morgan fingerprint density at radius 2 is 2.04 bits per heavy atom. The van der Waals surface area contributed by atoms with Crippen LogP contribution in [-0.2, 0) is 11.2 Å². The van der Waals surface area contributed by atoms with Gasteiger partial charge in [-0.1, -0.05) is 25.1 Å². The number of hydrogen-bond acceptors (Lipinski definition) is 5. The molecule has 6 heteroatoms. The summed E-state index contributed by atoms with van der Waals surface area (Å²) in [6, 6.07) is 9.76. The van der Waals surface area contributed by atoms with Crippen LogP contribution in [0.15, 0.2) is 42.9 Å². The number of nitrogens with zero attached hydrogens (tertiary/aromatic N) is 3. The Bertz CT molecular complexity index is 827. The number of aryl methyl sites for hydroxylation is 1. The quantitative estimate of drug-likeness (QED) is 0.733. The molecule has 3 aromatic rings. The number of aromatic nitrogens is 3. The number of rotatable bonds is 5. The lowest BCUT2D eigenvalue weighted by molar-refractivity contribution is 0.0525. The van der Waals surface area contributed by atoms with Crippen molar-refractivity contribution in [2.45, 2.75) is 20.3 Å². The van der Waals surface area contributed by atoms with E-state index in [1.54, 1.807) is 17.6 Å². The first kappa shape index (κ1) is 15.0. The molecule has 0 atom stereocenters. The molecule has 0 amide bonds. The van der Waals surface area contributed by atoms with Gasteiger partial charge < -0.3 is 10.1 Å². The van der Waals surface area contributed by atoms with Gasteiger partial charge in [-0.25, -0.2) is 14.3 Å². The average molecular weight is 310 g/mol. The number of anilines is 2. The predicted octanol–water partition coefficient (Wildman–Crippen LogP) is 3.21. The molecule has 0 saturated heterocycles. The van der Waals surface area contributed by atoms with Crippen molar-refractivity contribution in [2.75, 3.05) is 11.9 Å². The van der Waals surface area contributed by atoms with Crippen molar-refractivity contribution in [1.82, 2.24) is 14.6 Å². The molecule has 0 aliphatic rings. The van der Waals surface area contributed by atoms with Crippen LogP contribution < -0.4 is 5.32 Å². The largest absolute Gasteiger partial charge is 0.462 e. The van der Waals surface area contributed by atoms with Crippen LogP contribution in [0.3, 0.4) is 0 Å². The molecule has 23 heavy (non-hydrogen) atoms. The first-order chi connectivity index (χ1) is 11.2. The number of ether oxygens (including phenoxy) is 1. The molecule has 2 heterocycles. The molecular formula is C17H18N4O2. The molecule has 118 valence electrons. The first-order valence-electron chi connectivity index (χ1n) is 7.59. The highest BCUT2D eigenvalue weighted by atomic mass is 16.5. The number of carbonyl (C=O) groups is 1. The molecule has 1 N–H and O–H groups in total. The molecule has 0 bridgehead atoms. The van der Waals surface area contributed by atoms with Crippen molar-refractivity contribution in [1.29, 1.82) is 0 Å². The van der Waals surface area contributed by atoms with E-state index >= 15 is 0 Å². The van der Waals surface area contributed by atoms with E-state index in [4.69, 9.17) is 4.74 Å². The molecule has 0 aliphatic carbocycles. The maximum atomic E-state index is 12.2. The van der Waals surface area contributed by atoms with Crippen LogP contribution in [-0.4, -0.2) is 27.2 Å². The molecule has 3 rings (SSSR count). The summed E-state index contributed by atoms with van der Waals surface area (Å²) in [4.78, 5) is 16.5. The Kier molecular flexibility index (Phi) is 4.23. The molecule has 0 spiro atoms. The predicted molar refractivity (Wildman–Crippen MR) is 88.0 cm³/mol. The molecule has 0 saturated carbocycles. The molecule has 0 aliphatic heterocycles. The summed E-state index contributed by atoms with van der Waals surface area (Å²) in [6.07, 6.45) is 3.85. The van der Waals surface area contributed by atoms with Gasteiger partial charge in [0, 0.05) is 11.9 Å². The van der Waals surface area contributed by atoms with Crippen LogP contribution >= 0.6 is 0 Å². The summed E-state index contributed by atoms with van der Waals surface area (Å²) in [6.45, 7) is 4.13. The summed E-state index contributed by atoms with van der Waals surface area (Å²) in [5.74, 6) is 0.333. The van der Waals surface area contributed by atoms with E-state index in [-0.39, 0.29) is 5.97 Å². The number of nitrogens with one attached hydrogen (secondary N) is 1. The molecule has 0 unspecified atom stereocenters. The fourth-order valence-corrected chi connectivity index (χ4v) is 2.57. The number of benzene rings is 1. The van der Waals surface area contributed by atoms with Gasteiger partial charge in [-0.2, -0.15) is 5.10 Å². The molecule has 6 nitrogen and oxygen atoms in total. The van der Waals surface area contributed by atoms with Crippen LogP contribution in [0.1, 0.15) is 29.8 Å². The van der Waals surface area contributed by atoms with Gasteiger partial charge in [0.15, 0.2) is 5.82 Å². The monoisotopic (exact) mass is 310 g/mol. The lowest BCUT2D eigenvalue weighted by Gasteiger charge is -2.08. The van der Waals surface area contributed by atoms with E-state index in [1.165, 1.54) is 6.33 Å². The first-order valence-corrected chi connectivity index (χ1v) is 7.59. The average Bonchev–Trinajstić information content (AvgIpc) is 2.96. The smallest absolute Gasteiger partial charge is 0.340 e. The minimum atomic E-state index is -0.333. The second kappa shape index (κ2) is 6.48. The third-order valence-electron chi connectivity index (χ3n) is 3.56. The summed E-state index contributed by atoms with van der Waals surface area (Å²) >= 11 is 0. The van der Waals surface area contributed by atoms with Gasteiger partial charge in [-0.05, 0) is 31.0 Å². The van der Waals surface area contributed by atoms with Crippen molar-refractivity contribution < 1.29 is 9.53 Å². The van der Waals surface area contributed by atoms with Crippen LogP contribution in [0, 0.1) is 0 Å². The third-order valence-corrected chi connectivity index (χ3v) is 3.56. The SMILES string of the molecule is CCOC(=O)c1cn2ncnc(Nc3ccccc3)c2c1CC. The van der Waals surface area contributed by atoms with Gasteiger partial charge in [0.2, 0.25) is 0 Å². The number of fused-ring (bicyclic) bond motifs is 1. The summed E-state index contributed by atoms with van der Waals surface area (Å²) in [5, 5.41) is 7.49. The van der Waals surface area contributed by atoms with E-state index < -0.39 is 0 Å². The van der Waals surface area contributed by atoms with Crippen molar-refractivity contribution in [3.8, 4) is 0 Å². The fourth-order valence-electron chi connectivity index (χ4n) is 2.57. The van der Waals surface area contributed by atoms with Gasteiger partial charge in [0.25, 0.3) is 0 Å². The van der Waals surface area contributed by atoms with Crippen LogP contribution in [0.2, 0.25) is 0 Å². The van der Waals surface area contributed by atoms with Crippen molar-refractivity contribution in [3.63, 3.8) is 0 Å². The lowest BCUT2D eigenvalue weighted by atomic mass is 10.1. The van der Waals surface area contributed by atoms with E-state index in [2.05, 4.69) is 15.4 Å².